The van der Waals surface area contributed by atoms with Crippen LogP contribution in [0.25, 0.3) is 10.8 Å². The number of rotatable bonds is 6. The quantitative estimate of drug-likeness (QED) is 0.619. The zero-order valence-corrected chi connectivity index (χ0v) is 18.3. The maximum Gasteiger partial charge on any atom is 0.227 e. The number of benzene rings is 3. The highest BCUT2D eigenvalue weighted by Gasteiger charge is 2.35. The molecule has 1 saturated heterocycles. The second kappa shape index (κ2) is 9.22. The van der Waals surface area contributed by atoms with E-state index in [1.54, 1.807) is 4.90 Å². The van der Waals surface area contributed by atoms with Gasteiger partial charge in [-0.2, -0.15) is 0 Å². The lowest BCUT2D eigenvalue weighted by Crippen LogP contribution is -2.32. The van der Waals surface area contributed by atoms with E-state index in [-0.39, 0.29) is 30.1 Å². The second-order valence-electron chi connectivity index (χ2n) is 8.47. The maximum absolute atomic E-state index is 12.8. The number of anilines is 2. The number of hydrogen-bond donors (Lipinski definition) is 2. The lowest BCUT2D eigenvalue weighted by molar-refractivity contribution is -0.126. The third kappa shape index (κ3) is 4.64. The summed E-state index contributed by atoms with van der Waals surface area (Å²) in [6.07, 6.45) is 0.194. The van der Waals surface area contributed by atoms with Crippen molar-refractivity contribution in [3.8, 4) is 0 Å². The lowest BCUT2D eigenvalue weighted by atomic mass is 10.1. The van der Waals surface area contributed by atoms with Crippen LogP contribution in [0.1, 0.15) is 25.8 Å². The number of hydrogen-bond acceptors (Lipinski definition) is 3. The topological polar surface area (TPSA) is 78.5 Å². The highest BCUT2D eigenvalue weighted by molar-refractivity contribution is 6.07. The van der Waals surface area contributed by atoms with Crippen LogP contribution in [-0.2, 0) is 20.9 Å². The zero-order chi connectivity index (χ0) is 22.7. The summed E-state index contributed by atoms with van der Waals surface area (Å²) in [5.74, 6) is -0.741. The van der Waals surface area contributed by atoms with Crippen molar-refractivity contribution in [3.05, 3.63) is 72.3 Å². The fourth-order valence-electron chi connectivity index (χ4n) is 3.94. The Balaban J connectivity index is 1.40. The van der Waals surface area contributed by atoms with Gasteiger partial charge in [0.25, 0.3) is 0 Å². The Morgan fingerprint density at radius 1 is 1.03 bits per heavy atom. The fourth-order valence-corrected chi connectivity index (χ4v) is 3.94. The van der Waals surface area contributed by atoms with Crippen molar-refractivity contribution in [3.63, 3.8) is 0 Å². The standard InChI is InChI=1S/C26H27N3O3/c1-17(2)25(31)28-21-10-5-7-18(13-21)15-27-26(32)20-14-24(30)29(16-20)23-12-6-9-19-8-3-4-11-22(19)23/h3-13,17,20H,14-16H2,1-2H3,(H,27,32)(H,28,31). The first kappa shape index (κ1) is 21.6. The molecule has 0 aliphatic carbocycles. The SMILES string of the molecule is CC(C)C(=O)Nc1cccc(CNC(=O)C2CC(=O)N(c3cccc4ccccc34)C2)c1. The molecule has 0 saturated carbocycles. The average Bonchev–Trinajstić information content (AvgIpc) is 3.18. The summed E-state index contributed by atoms with van der Waals surface area (Å²) in [5.41, 5.74) is 2.43. The van der Waals surface area contributed by atoms with Gasteiger partial charge < -0.3 is 15.5 Å². The van der Waals surface area contributed by atoms with Gasteiger partial charge in [0.05, 0.1) is 11.6 Å². The Bertz CT molecular complexity index is 1170. The lowest BCUT2D eigenvalue weighted by Gasteiger charge is -2.19. The van der Waals surface area contributed by atoms with E-state index in [0.29, 0.717) is 18.8 Å². The molecule has 1 fully saturated rings. The average molecular weight is 430 g/mol. The Hall–Kier alpha value is -3.67. The number of nitrogens with zero attached hydrogens (tertiary/aromatic N) is 1. The Labute approximate surface area is 187 Å². The summed E-state index contributed by atoms with van der Waals surface area (Å²) in [7, 11) is 0. The molecular weight excluding hydrogens is 402 g/mol. The summed E-state index contributed by atoms with van der Waals surface area (Å²) in [5, 5.41) is 7.88. The molecule has 3 amide bonds. The van der Waals surface area contributed by atoms with Crippen molar-refractivity contribution in [1.82, 2.24) is 5.32 Å². The monoisotopic (exact) mass is 429 g/mol. The van der Waals surface area contributed by atoms with Gasteiger partial charge in [0.1, 0.15) is 0 Å². The van der Waals surface area contributed by atoms with Crippen molar-refractivity contribution in [2.75, 3.05) is 16.8 Å². The Morgan fingerprint density at radius 3 is 2.59 bits per heavy atom. The number of carbonyl (C=O) groups is 3. The van der Waals surface area contributed by atoms with Crippen LogP contribution in [0, 0.1) is 11.8 Å². The van der Waals surface area contributed by atoms with E-state index >= 15 is 0 Å². The smallest absolute Gasteiger partial charge is 0.227 e. The number of carbonyl (C=O) groups excluding carboxylic acids is 3. The molecule has 0 aromatic heterocycles. The molecule has 3 aromatic rings. The molecule has 1 aliphatic rings. The first-order chi connectivity index (χ1) is 15.4. The molecule has 2 N–H and O–H groups in total. The van der Waals surface area contributed by atoms with Crippen LogP contribution < -0.4 is 15.5 Å². The van der Waals surface area contributed by atoms with E-state index in [9.17, 15) is 14.4 Å². The molecule has 0 spiro atoms. The summed E-state index contributed by atoms with van der Waals surface area (Å²) < 4.78 is 0. The molecule has 0 bridgehead atoms. The van der Waals surface area contributed by atoms with Gasteiger partial charge in [-0.15, -0.1) is 0 Å². The number of fused-ring (bicyclic) bond motifs is 1. The zero-order valence-electron chi connectivity index (χ0n) is 18.3. The van der Waals surface area contributed by atoms with E-state index in [0.717, 1.165) is 22.0 Å². The van der Waals surface area contributed by atoms with E-state index in [4.69, 9.17) is 0 Å². The largest absolute Gasteiger partial charge is 0.352 e. The fraction of sp³-hybridized carbons (Fsp3) is 0.269. The van der Waals surface area contributed by atoms with Crippen LogP contribution >= 0.6 is 0 Å². The minimum atomic E-state index is -0.398. The third-order valence-corrected chi connectivity index (χ3v) is 5.74. The van der Waals surface area contributed by atoms with Crippen LogP contribution in [-0.4, -0.2) is 24.3 Å². The van der Waals surface area contributed by atoms with Gasteiger partial charge in [-0.3, -0.25) is 14.4 Å². The van der Waals surface area contributed by atoms with Crippen molar-refractivity contribution < 1.29 is 14.4 Å². The van der Waals surface area contributed by atoms with Crippen molar-refractivity contribution >= 4 is 39.9 Å². The highest BCUT2D eigenvalue weighted by Crippen LogP contribution is 2.31. The van der Waals surface area contributed by atoms with Crippen molar-refractivity contribution in [2.45, 2.75) is 26.8 Å². The molecule has 1 aliphatic heterocycles. The Kier molecular flexibility index (Phi) is 6.21. The van der Waals surface area contributed by atoms with Gasteiger partial charge in [0, 0.05) is 36.5 Å². The van der Waals surface area contributed by atoms with E-state index in [1.807, 2.05) is 80.6 Å². The van der Waals surface area contributed by atoms with E-state index in [2.05, 4.69) is 10.6 Å². The molecule has 6 heteroatoms. The van der Waals surface area contributed by atoms with Gasteiger partial charge in [-0.25, -0.2) is 0 Å². The van der Waals surface area contributed by atoms with Crippen LogP contribution in [0.15, 0.2) is 66.7 Å². The van der Waals surface area contributed by atoms with Gasteiger partial charge in [-0.1, -0.05) is 62.4 Å². The van der Waals surface area contributed by atoms with Gasteiger partial charge >= 0.3 is 0 Å². The van der Waals surface area contributed by atoms with E-state index < -0.39 is 5.92 Å². The van der Waals surface area contributed by atoms with Gasteiger partial charge in [0.2, 0.25) is 17.7 Å². The first-order valence-electron chi connectivity index (χ1n) is 10.9. The van der Waals surface area contributed by atoms with Crippen molar-refractivity contribution in [2.24, 2.45) is 11.8 Å². The van der Waals surface area contributed by atoms with Crippen LogP contribution in [0.4, 0.5) is 11.4 Å². The molecule has 164 valence electrons. The molecule has 4 rings (SSSR count). The predicted molar refractivity (Wildman–Crippen MR) is 126 cm³/mol. The summed E-state index contributed by atoms with van der Waals surface area (Å²) in [4.78, 5) is 39.1. The summed E-state index contributed by atoms with van der Waals surface area (Å²) >= 11 is 0. The minimum absolute atomic E-state index is 0.0418. The maximum atomic E-state index is 12.8. The molecule has 32 heavy (non-hydrogen) atoms. The molecule has 6 nitrogen and oxygen atoms in total. The van der Waals surface area contributed by atoms with Crippen LogP contribution in [0.2, 0.25) is 0 Å². The van der Waals surface area contributed by atoms with Crippen LogP contribution in [0.5, 0.6) is 0 Å². The molecule has 1 unspecified atom stereocenters. The van der Waals surface area contributed by atoms with Crippen LogP contribution in [0.3, 0.4) is 0 Å². The minimum Gasteiger partial charge on any atom is -0.352 e. The normalized spacial score (nSPS) is 15.9. The number of nitrogens with one attached hydrogen (secondary N) is 2. The summed E-state index contributed by atoms with van der Waals surface area (Å²) in [6, 6.07) is 21.2. The highest BCUT2D eigenvalue weighted by atomic mass is 16.2. The predicted octanol–water partition coefficient (Wildman–Crippen LogP) is 4.10. The number of amides is 3. The summed E-state index contributed by atoms with van der Waals surface area (Å²) in [6.45, 7) is 4.38. The van der Waals surface area contributed by atoms with E-state index in [1.165, 1.54) is 0 Å². The molecule has 1 atom stereocenters. The molecular formula is C26H27N3O3. The van der Waals surface area contributed by atoms with Gasteiger partial charge in [0.15, 0.2) is 0 Å². The molecule has 1 heterocycles. The second-order valence-corrected chi connectivity index (χ2v) is 8.47. The molecule has 0 radical (unpaired) electrons. The van der Waals surface area contributed by atoms with Crippen molar-refractivity contribution in [1.29, 1.82) is 0 Å². The third-order valence-electron chi connectivity index (χ3n) is 5.74. The Morgan fingerprint density at radius 2 is 1.78 bits per heavy atom. The first-order valence-corrected chi connectivity index (χ1v) is 10.9. The van der Waals surface area contributed by atoms with Gasteiger partial charge in [-0.05, 0) is 29.1 Å². The molecule has 3 aromatic carbocycles.